The van der Waals surface area contributed by atoms with Crippen molar-refractivity contribution in [3.63, 3.8) is 0 Å². The zero-order valence-electron chi connectivity index (χ0n) is 16.9. The van der Waals surface area contributed by atoms with E-state index < -0.39 is 0 Å². The first-order chi connectivity index (χ1) is 14.6. The molecule has 5 nitrogen and oxygen atoms in total. The molecule has 3 aromatic rings. The van der Waals surface area contributed by atoms with E-state index in [-0.39, 0.29) is 11.8 Å². The fourth-order valence-electron chi connectivity index (χ4n) is 3.65. The van der Waals surface area contributed by atoms with E-state index in [0.717, 1.165) is 16.9 Å². The van der Waals surface area contributed by atoms with Crippen molar-refractivity contribution < 1.29 is 9.59 Å². The number of rotatable bonds is 5. The number of carbonyl (C=O) groups excluding carboxylic acids is 2. The third-order valence-electron chi connectivity index (χ3n) is 5.10. The molecule has 30 heavy (non-hydrogen) atoms. The van der Waals surface area contributed by atoms with E-state index >= 15 is 0 Å². The lowest BCUT2D eigenvalue weighted by atomic mass is 10.1. The second-order valence-corrected chi connectivity index (χ2v) is 8.15. The summed E-state index contributed by atoms with van der Waals surface area (Å²) in [7, 11) is 1.59. The second kappa shape index (κ2) is 8.63. The van der Waals surface area contributed by atoms with Crippen LogP contribution in [0.4, 0.5) is 17.1 Å². The summed E-state index contributed by atoms with van der Waals surface area (Å²) in [5, 5.41) is 5.56. The molecule has 152 valence electrons. The van der Waals surface area contributed by atoms with E-state index in [1.165, 1.54) is 9.79 Å². The van der Waals surface area contributed by atoms with E-state index in [2.05, 4.69) is 39.8 Å². The van der Waals surface area contributed by atoms with Crippen LogP contribution in [0.25, 0.3) is 0 Å². The van der Waals surface area contributed by atoms with Gasteiger partial charge >= 0.3 is 0 Å². The Morgan fingerprint density at radius 2 is 1.53 bits per heavy atom. The Kier molecular flexibility index (Phi) is 5.77. The molecule has 0 aromatic heterocycles. The number of hydrogen-bond acceptors (Lipinski definition) is 4. The summed E-state index contributed by atoms with van der Waals surface area (Å²) in [6.07, 6.45) is 0.300. The molecule has 1 aliphatic heterocycles. The second-order valence-electron chi connectivity index (χ2n) is 7.06. The van der Waals surface area contributed by atoms with Gasteiger partial charge in [0.2, 0.25) is 5.91 Å². The molecule has 0 aliphatic carbocycles. The van der Waals surface area contributed by atoms with Gasteiger partial charge in [-0.1, -0.05) is 48.2 Å². The van der Waals surface area contributed by atoms with Gasteiger partial charge in [0.25, 0.3) is 5.91 Å². The number of para-hydroxylation sites is 2. The Bertz CT molecular complexity index is 1070. The minimum absolute atomic E-state index is 0.126. The summed E-state index contributed by atoms with van der Waals surface area (Å²) < 4.78 is 0. The third-order valence-corrected chi connectivity index (χ3v) is 6.23. The Hall–Kier alpha value is -3.25. The zero-order valence-corrected chi connectivity index (χ0v) is 17.8. The first-order valence-electron chi connectivity index (χ1n) is 9.83. The average molecular weight is 418 g/mol. The molecule has 2 amide bonds. The summed E-state index contributed by atoms with van der Waals surface area (Å²) in [4.78, 5) is 29.6. The van der Waals surface area contributed by atoms with Gasteiger partial charge in [0.05, 0.1) is 22.6 Å². The first kappa shape index (κ1) is 20.0. The van der Waals surface area contributed by atoms with Crippen LogP contribution in [-0.2, 0) is 4.79 Å². The van der Waals surface area contributed by atoms with Gasteiger partial charge in [-0.15, -0.1) is 0 Å². The number of anilines is 3. The Morgan fingerprint density at radius 3 is 2.17 bits per heavy atom. The SMILES string of the molecule is CNC(=O)c1c(C)cccc1NC(=O)CCN1c2ccccc2Sc2ccccc21. The zero-order chi connectivity index (χ0) is 21.1. The van der Waals surface area contributed by atoms with Crippen molar-refractivity contribution in [1.29, 1.82) is 0 Å². The van der Waals surface area contributed by atoms with Crippen LogP contribution in [0.2, 0.25) is 0 Å². The molecule has 2 N–H and O–H groups in total. The summed E-state index contributed by atoms with van der Waals surface area (Å²) in [6.45, 7) is 2.40. The molecule has 0 atom stereocenters. The van der Waals surface area contributed by atoms with Gasteiger partial charge in [-0.25, -0.2) is 0 Å². The number of hydrogen-bond donors (Lipinski definition) is 2. The number of amides is 2. The minimum atomic E-state index is -0.209. The topological polar surface area (TPSA) is 61.4 Å². The van der Waals surface area contributed by atoms with Crippen molar-refractivity contribution >= 4 is 40.6 Å². The molecule has 0 radical (unpaired) electrons. The van der Waals surface area contributed by atoms with Crippen LogP contribution in [0.3, 0.4) is 0 Å². The summed E-state index contributed by atoms with van der Waals surface area (Å²) in [5.74, 6) is -0.335. The highest BCUT2D eigenvalue weighted by Crippen LogP contribution is 2.47. The number of carbonyl (C=O) groups is 2. The predicted molar refractivity (Wildman–Crippen MR) is 122 cm³/mol. The van der Waals surface area contributed by atoms with Crippen LogP contribution in [0.5, 0.6) is 0 Å². The standard InChI is InChI=1S/C24H23N3O2S/c1-16-8-7-9-17(23(16)24(29)25-2)26-22(28)14-15-27-18-10-3-5-12-20(18)30-21-13-6-4-11-19(21)27/h3-13H,14-15H2,1-2H3,(H,25,29)(H,26,28). The van der Waals surface area contributed by atoms with E-state index in [0.29, 0.717) is 24.2 Å². The number of nitrogens with one attached hydrogen (secondary N) is 2. The van der Waals surface area contributed by atoms with Gasteiger partial charge in [-0.05, 0) is 42.8 Å². The minimum Gasteiger partial charge on any atom is -0.355 e. The molecule has 0 bridgehead atoms. The Labute approximate surface area is 180 Å². The van der Waals surface area contributed by atoms with Crippen LogP contribution < -0.4 is 15.5 Å². The molecule has 0 saturated carbocycles. The van der Waals surface area contributed by atoms with E-state index in [4.69, 9.17) is 0 Å². The van der Waals surface area contributed by atoms with Crippen LogP contribution in [-0.4, -0.2) is 25.4 Å². The lowest BCUT2D eigenvalue weighted by Crippen LogP contribution is -2.27. The maximum absolute atomic E-state index is 12.8. The molecule has 6 heteroatoms. The van der Waals surface area contributed by atoms with Gasteiger partial charge in [-0.2, -0.15) is 0 Å². The average Bonchev–Trinajstić information content (AvgIpc) is 2.76. The molecule has 1 aliphatic rings. The van der Waals surface area contributed by atoms with Crippen LogP contribution in [0.15, 0.2) is 76.5 Å². The smallest absolute Gasteiger partial charge is 0.253 e. The molecule has 4 rings (SSSR count). The monoisotopic (exact) mass is 417 g/mol. The van der Waals surface area contributed by atoms with Crippen LogP contribution >= 0.6 is 11.8 Å². The van der Waals surface area contributed by atoms with E-state index in [1.807, 2.05) is 43.3 Å². The largest absolute Gasteiger partial charge is 0.355 e. The molecular weight excluding hydrogens is 394 g/mol. The molecule has 3 aromatic carbocycles. The third kappa shape index (κ3) is 3.91. The van der Waals surface area contributed by atoms with Gasteiger partial charge in [0.15, 0.2) is 0 Å². The van der Waals surface area contributed by atoms with E-state index in [9.17, 15) is 9.59 Å². The number of fused-ring (bicyclic) bond motifs is 2. The summed E-state index contributed by atoms with van der Waals surface area (Å²) in [5.41, 5.74) is 4.07. The van der Waals surface area contributed by atoms with Gasteiger partial charge in [0.1, 0.15) is 0 Å². The van der Waals surface area contributed by atoms with Crippen molar-refractivity contribution in [2.24, 2.45) is 0 Å². The number of aryl methyl sites for hydroxylation is 1. The van der Waals surface area contributed by atoms with Gasteiger partial charge < -0.3 is 15.5 Å². The highest BCUT2D eigenvalue weighted by molar-refractivity contribution is 7.99. The predicted octanol–water partition coefficient (Wildman–Crippen LogP) is 4.99. The molecule has 1 heterocycles. The van der Waals surface area contributed by atoms with Crippen molar-refractivity contribution in [2.45, 2.75) is 23.1 Å². The first-order valence-corrected chi connectivity index (χ1v) is 10.6. The number of benzene rings is 3. The van der Waals surface area contributed by atoms with Crippen LogP contribution in [0, 0.1) is 6.92 Å². The summed E-state index contributed by atoms with van der Waals surface area (Å²) in [6, 6.07) is 21.9. The lowest BCUT2D eigenvalue weighted by molar-refractivity contribution is -0.116. The Balaban J connectivity index is 1.53. The maximum Gasteiger partial charge on any atom is 0.253 e. The molecule has 0 saturated heterocycles. The van der Waals surface area contributed by atoms with Gasteiger partial charge in [0, 0.05) is 29.8 Å². The highest BCUT2D eigenvalue weighted by atomic mass is 32.2. The normalized spacial score (nSPS) is 12.0. The quantitative estimate of drug-likeness (QED) is 0.614. The maximum atomic E-state index is 12.8. The number of nitrogens with zero attached hydrogens (tertiary/aromatic N) is 1. The fourth-order valence-corrected chi connectivity index (χ4v) is 4.74. The summed E-state index contributed by atoms with van der Waals surface area (Å²) >= 11 is 1.75. The molecule has 0 spiro atoms. The molecular formula is C24H23N3O2S. The van der Waals surface area contributed by atoms with E-state index in [1.54, 1.807) is 24.9 Å². The lowest BCUT2D eigenvalue weighted by Gasteiger charge is -2.32. The van der Waals surface area contributed by atoms with Crippen molar-refractivity contribution in [3.05, 3.63) is 77.9 Å². The van der Waals surface area contributed by atoms with Crippen molar-refractivity contribution in [1.82, 2.24) is 5.32 Å². The van der Waals surface area contributed by atoms with Crippen molar-refractivity contribution in [2.75, 3.05) is 23.8 Å². The highest BCUT2D eigenvalue weighted by Gasteiger charge is 2.23. The Morgan fingerprint density at radius 1 is 0.900 bits per heavy atom. The molecule has 0 unspecified atom stereocenters. The fraction of sp³-hybridized carbons (Fsp3) is 0.167. The van der Waals surface area contributed by atoms with Gasteiger partial charge in [-0.3, -0.25) is 9.59 Å². The van der Waals surface area contributed by atoms with Crippen LogP contribution in [0.1, 0.15) is 22.3 Å². The molecule has 0 fully saturated rings. The van der Waals surface area contributed by atoms with Crippen molar-refractivity contribution in [3.8, 4) is 0 Å².